The van der Waals surface area contributed by atoms with Crippen molar-refractivity contribution in [2.75, 3.05) is 20.2 Å². The zero-order valence-electron chi connectivity index (χ0n) is 11.3. The number of benzene rings is 1. The summed E-state index contributed by atoms with van der Waals surface area (Å²) >= 11 is 0. The molecule has 0 unspecified atom stereocenters. The quantitative estimate of drug-likeness (QED) is 0.612. The number of ether oxygens (including phenoxy) is 1. The summed E-state index contributed by atoms with van der Waals surface area (Å²) in [7, 11) is 1.41. The number of hydrogen-bond donors (Lipinski definition) is 2. The Bertz CT molecular complexity index is 563. The zero-order valence-corrected chi connectivity index (χ0v) is 11.3. The van der Waals surface area contributed by atoms with Crippen LogP contribution in [0.3, 0.4) is 0 Å². The van der Waals surface area contributed by atoms with Crippen LogP contribution in [0.1, 0.15) is 17.8 Å². The number of nitrogens with one attached hydrogen (secondary N) is 2. The molecule has 0 saturated carbocycles. The Hall–Kier alpha value is -1.88. The van der Waals surface area contributed by atoms with Crippen molar-refractivity contribution in [2.24, 2.45) is 0 Å². The van der Waals surface area contributed by atoms with Gasteiger partial charge in [-0.15, -0.1) is 0 Å². The van der Waals surface area contributed by atoms with Crippen molar-refractivity contribution in [3.63, 3.8) is 0 Å². The minimum Gasteiger partial charge on any atom is -0.469 e. The molecule has 0 atom stereocenters. The van der Waals surface area contributed by atoms with Crippen LogP contribution in [0.4, 0.5) is 0 Å². The Morgan fingerprint density at radius 3 is 3.05 bits per heavy atom. The number of imidazole rings is 1. The molecule has 0 radical (unpaired) electrons. The molecule has 0 amide bonds. The van der Waals surface area contributed by atoms with Crippen molar-refractivity contribution in [3.8, 4) is 0 Å². The van der Waals surface area contributed by atoms with Gasteiger partial charge < -0.3 is 15.0 Å². The molecule has 1 aromatic carbocycles. The average Bonchev–Trinajstić information content (AvgIpc) is 2.77. The lowest BCUT2D eigenvalue weighted by molar-refractivity contribution is -0.140. The Morgan fingerprint density at radius 1 is 1.42 bits per heavy atom. The first-order chi connectivity index (χ1) is 9.19. The van der Waals surface area contributed by atoms with Crippen LogP contribution in [0.15, 0.2) is 18.2 Å². The lowest BCUT2D eigenvalue weighted by Gasteiger charge is -2.04. The van der Waals surface area contributed by atoms with E-state index in [1.165, 1.54) is 12.7 Å². The molecule has 102 valence electrons. The molecular formula is C14H19N3O2. The minimum atomic E-state index is -0.179. The highest BCUT2D eigenvalue weighted by atomic mass is 16.5. The van der Waals surface area contributed by atoms with Crippen LogP contribution in [0.5, 0.6) is 0 Å². The molecule has 0 fully saturated rings. The number of aromatic nitrogens is 2. The summed E-state index contributed by atoms with van der Waals surface area (Å²) in [6.07, 6.45) is 1.34. The first-order valence-electron chi connectivity index (χ1n) is 6.42. The molecule has 2 aromatic rings. The molecule has 0 aliphatic carbocycles. The van der Waals surface area contributed by atoms with Crippen molar-refractivity contribution in [3.05, 3.63) is 29.6 Å². The molecule has 19 heavy (non-hydrogen) atoms. The van der Waals surface area contributed by atoms with Crippen LogP contribution in [0.25, 0.3) is 11.0 Å². The van der Waals surface area contributed by atoms with E-state index in [4.69, 9.17) is 0 Å². The molecule has 2 N–H and O–H groups in total. The molecule has 1 heterocycles. The summed E-state index contributed by atoms with van der Waals surface area (Å²) in [5.41, 5.74) is 3.33. The predicted molar refractivity (Wildman–Crippen MR) is 74.0 cm³/mol. The first kappa shape index (κ1) is 13.5. The van der Waals surface area contributed by atoms with E-state index < -0.39 is 0 Å². The van der Waals surface area contributed by atoms with Gasteiger partial charge in [0.1, 0.15) is 5.82 Å². The second-order valence-electron chi connectivity index (χ2n) is 4.50. The van der Waals surface area contributed by atoms with Gasteiger partial charge in [-0.3, -0.25) is 4.79 Å². The third kappa shape index (κ3) is 3.79. The van der Waals surface area contributed by atoms with Gasteiger partial charge in [-0.2, -0.15) is 0 Å². The number of aromatic amines is 1. The average molecular weight is 261 g/mol. The summed E-state index contributed by atoms with van der Waals surface area (Å²) in [6.45, 7) is 3.45. The van der Waals surface area contributed by atoms with Crippen LogP contribution >= 0.6 is 0 Å². The highest BCUT2D eigenvalue weighted by Gasteiger charge is 2.02. The largest absolute Gasteiger partial charge is 0.469 e. The number of rotatable bonds is 6. The maximum Gasteiger partial charge on any atom is 0.306 e. The molecule has 1 aromatic heterocycles. The van der Waals surface area contributed by atoms with E-state index in [9.17, 15) is 4.79 Å². The second-order valence-corrected chi connectivity index (χ2v) is 4.50. The van der Waals surface area contributed by atoms with Crippen LogP contribution < -0.4 is 5.32 Å². The summed E-state index contributed by atoms with van der Waals surface area (Å²) < 4.78 is 4.58. The maximum absolute atomic E-state index is 10.9. The minimum absolute atomic E-state index is 0.179. The van der Waals surface area contributed by atoms with Crippen molar-refractivity contribution in [2.45, 2.75) is 19.8 Å². The molecule has 5 heteroatoms. The lowest BCUT2D eigenvalue weighted by Crippen LogP contribution is -2.21. The molecule has 0 bridgehead atoms. The summed E-state index contributed by atoms with van der Waals surface area (Å²) in [5, 5.41) is 3.23. The number of esters is 1. The van der Waals surface area contributed by atoms with E-state index in [1.54, 1.807) is 0 Å². The lowest BCUT2D eigenvalue weighted by atomic mass is 10.1. The molecule has 0 spiro atoms. The Balaban J connectivity index is 1.79. The molecule has 2 rings (SSSR count). The Morgan fingerprint density at radius 2 is 2.26 bits per heavy atom. The molecule has 5 nitrogen and oxygen atoms in total. The van der Waals surface area contributed by atoms with Crippen molar-refractivity contribution >= 4 is 17.0 Å². The predicted octanol–water partition coefficient (Wildman–Crippen LogP) is 1.57. The number of aryl methyl sites for hydroxylation is 1. The van der Waals surface area contributed by atoms with Crippen molar-refractivity contribution < 1.29 is 9.53 Å². The fourth-order valence-electron chi connectivity index (χ4n) is 1.99. The molecule has 0 saturated heterocycles. The van der Waals surface area contributed by atoms with Crippen molar-refractivity contribution in [1.82, 2.24) is 15.3 Å². The summed E-state index contributed by atoms with van der Waals surface area (Å²) in [6, 6.07) is 6.24. The fraction of sp³-hybridized carbons (Fsp3) is 0.429. The van der Waals surface area contributed by atoms with Crippen LogP contribution in [0.2, 0.25) is 0 Å². The molecule has 0 aliphatic heterocycles. The standard InChI is InChI=1S/C14H19N3O2/c1-10-16-12-4-3-11(9-13(12)17-10)5-7-15-8-6-14(18)19-2/h3-4,9,15H,5-8H2,1-2H3,(H,16,17). The molecule has 0 aliphatic rings. The second kappa shape index (κ2) is 6.33. The molecular weight excluding hydrogens is 242 g/mol. The van der Waals surface area contributed by atoms with E-state index in [-0.39, 0.29) is 5.97 Å². The van der Waals surface area contributed by atoms with Gasteiger partial charge in [0.25, 0.3) is 0 Å². The third-order valence-corrected chi connectivity index (χ3v) is 2.99. The van der Waals surface area contributed by atoms with E-state index in [0.29, 0.717) is 13.0 Å². The number of H-pyrrole nitrogens is 1. The highest BCUT2D eigenvalue weighted by molar-refractivity contribution is 5.75. The van der Waals surface area contributed by atoms with E-state index in [2.05, 4.69) is 32.2 Å². The maximum atomic E-state index is 10.9. The van der Waals surface area contributed by atoms with Crippen LogP contribution in [0, 0.1) is 6.92 Å². The normalized spacial score (nSPS) is 10.8. The van der Waals surface area contributed by atoms with Gasteiger partial charge in [-0.25, -0.2) is 4.98 Å². The van der Waals surface area contributed by atoms with Crippen LogP contribution in [-0.4, -0.2) is 36.1 Å². The number of nitrogens with zero attached hydrogens (tertiary/aromatic N) is 1. The van der Waals surface area contributed by atoms with E-state index in [1.807, 2.05) is 13.0 Å². The van der Waals surface area contributed by atoms with Gasteiger partial charge in [-0.1, -0.05) is 6.07 Å². The van der Waals surface area contributed by atoms with Gasteiger partial charge in [0.05, 0.1) is 24.6 Å². The Labute approximate surface area is 112 Å². The van der Waals surface area contributed by atoms with Crippen LogP contribution in [-0.2, 0) is 16.0 Å². The third-order valence-electron chi connectivity index (χ3n) is 2.99. The van der Waals surface area contributed by atoms with Gasteiger partial charge in [0, 0.05) is 6.54 Å². The monoisotopic (exact) mass is 261 g/mol. The van der Waals surface area contributed by atoms with E-state index in [0.717, 1.165) is 29.8 Å². The smallest absolute Gasteiger partial charge is 0.306 e. The number of carbonyl (C=O) groups excluding carboxylic acids is 1. The van der Waals surface area contributed by atoms with Gasteiger partial charge >= 0.3 is 5.97 Å². The summed E-state index contributed by atoms with van der Waals surface area (Å²) in [4.78, 5) is 18.5. The highest BCUT2D eigenvalue weighted by Crippen LogP contribution is 2.13. The van der Waals surface area contributed by atoms with E-state index >= 15 is 0 Å². The topological polar surface area (TPSA) is 67.0 Å². The Kier molecular flexibility index (Phi) is 4.52. The fourth-order valence-corrected chi connectivity index (χ4v) is 1.99. The van der Waals surface area contributed by atoms with Gasteiger partial charge in [0.2, 0.25) is 0 Å². The van der Waals surface area contributed by atoms with Gasteiger partial charge in [-0.05, 0) is 37.6 Å². The summed E-state index contributed by atoms with van der Waals surface area (Å²) in [5.74, 6) is 0.755. The number of carbonyl (C=O) groups is 1. The van der Waals surface area contributed by atoms with Crippen molar-refractivity contribution in [1.29, 1.82) is 0 Å². The SMILES string of the molecule is COC(=O)CCNCCc1ccc2nc(C)[nH]c2c1. The number of fused-ring (bicyclic) bond motifs is 1. The first-order valence-corrected chi connectivity index (χ1v) is 6.42. The zero-order chi connectivity index (χ0) is 13.7. The number of hydrogen-bond acceptors (Lipinski definition) is 4. The van der Waals surface area contributed by atoms with Gasteiger partial charge in [0.15, 0.2) is 0 Å². The number of methoxy groups -OCH3 is 1.